The quantitative estimate of drug-likeness (QED) is 0.583. The van der Waals surface area contributed by atoms with E-state index in [4.69, 9.17) is 0 Å². The van der Waals surface area contributed by atoms with Crippen LogP contribution < -0.4 is 10.6 Å². The SMILES string of the molecule is C=CCN(C)S(=O)(=O)c1ccc(NC(=O)NCC(c2ccccc2)N2CCCC2)cc1. The van der Waals surface area contributed by atoms with Gasteiger partial charge in [-0.05, 0) is 55.8 Å². The van der Waals surface area contributed by atoms with E-state index in [0.29, 0.717) is 12.2 Å². The summed E-state index contributed by atoms with van der Waals surface area (Å²) in [6, 6.07) is 16.2. The largest absolute Gasteiger partial charge is 0.336 e. The van der Waals surface area contributed by atoms with Gasteiger partial charge in [0.25, 0.3) is 0 Å². The molecule has 2 N–H and O–H groups in total. The van der Waals surface area contributed by atoms with Crippen LogP contribution in [0, 0.1) is 0 Å². The number of sulfonamides is 1. The first-order valence-corrected chi connectivity index (χ1v) is 11.9. The average molecular weight is 443 g/mol. The normalized spacial score (nSPS) is 15.5. The van der Waals surface area contributed by atoms with Gasteiger partial charge in [0.05, 0.1) is 10.9 Å². The Morgan fingerprint density at radius 1 is 1.13 bits per heavy atom. The molecule has 0 spiro atoms. The Bertz CT molecular complexity index is 972. The number of anilines is 1. The highest BCUT2D eigenvalue weighted by molar-refractivity contribution is 7.89. The molecule has 166 valence electrons. The zero-order valence-electron chi connectivity index (χ0n) is 17.8. The summed E-state index contributed by atoms with van der Waals surface area (Å²) in [5.41, 5.74) is 1.71. The van der Waals surface area contributed by atoms with Gasteiger partial charge in [0, 0.05) is 25.8 Å². The van der Waals surface area contributed by atoms with Gasteiger partial charge in [-0.2, -0.15) is 4.31 Å². The van der Waals surface area contributed by atoms with Gasteiger partial charge in [0.2, 0.25) is 10.0 Å². The van der Waals surface area contributed by atoms with E-state index in [1.807, 2.05) is 18.2 Å². The summed E-state index contributed by atoms with van der Waals surface area (Å²) < 4.78 is 26.2. The molecule has 1 aliphatic rings. The van der Waals surface area contributed by atoms with Crippen LogP contribution in [0.15, 0.2) is 72.1 Å². The molecule has 1 aliphatic heterocycles. The molecule has 2 aromatic rings. The van der Waals surface area contributed by atoms with Crippen LogP contribution in [0.25, 0.3) is 0 Å². The smallest absolute Gasteiger partial charge is 0.319 e. The molecule has 7 nitrogen and oxygen atoms in total. The van der Waals surface area contributed by atoms with Gasteiger partial charge >= 0.3 is 6.03 Å². The summed E-state index contributed by atoms with van der Waals surface area (Å²) in [7, 11) is -2.08. The molecule has 3 rings (SSSR count). The summed E-state index contributed by atoms with van der Waals surface area (Å²) in [6.07, 6.45) is 3.88. The zero-order chi connectivity index (χ0) is 22.3. The number of urea groups is 1. The first-order valence-electron chi connectivity index (χ1n) is 10.4. The third-order valence-electron chi connectivity index (χ3n) is 5.43. The van der Waals surface area contributed by atoms with E-state index in [9.17, 15) is 13.2 Å². The van der Waals surface area contributed by atoms with Crippen LogP contribution in [0.1, 0.15) is 24.4 Å². The number of benzene rings is 2. The third kappa shape index (κ3) is 5.94. The van der Waals surface area contributed by atoms with Crippen molar-refractivity contribution in [3.05, 3.63) is 72.8 Å². The Morgan fingerprint density at radius 3 is 2.39 bits per heavy atom. The van der Waals surface area contributed by atoms with E-state index in [2.05, 4.69) is 34.2 Å². The second-order valence-corrected chi connectivity index (χ2v) is 9.65. The van der Waals surface area contributed by atoms with Gasteiger partial charge < -0.3 is 10.6 Å². The molecular formula is C23H30N4O3S. The number of hydrogen-bond donors (Lipinski definition) is 2. The number of rotatable bonds is 9. The van der Waals surface area contributed by atoms with Crippen molar-refractivity contribution in [2.45, 2.75) is 23.8 Å². The van der Waals surface area contributed by atoms with Crippen molar-refractivity contribution in [2.24, 2.45) is 0 Å². The fourth-order valence-electron chi connectivity index (χ4n) is 3.72. The molecule has 0 aromatic heterocycles. The van der Waals surface area contributed by atoms with Crippen LogP contribution in [0.3, 0.4) is 0 Å². The van der Waals surface area contributed by atoms with Crippen molar-refractivity contribution in [2.75, 3.05) is 38.5 Å². The van der Waals surface area contributed by atoms with Gasteiger partial charge in [-0.3, -0.25) is 4.90 Å². The summed E-state index contributed by atoms with van der Waals surface area (Å²) in [4.78, 5) is 15.0. The maximum absolute atomic E-state index is 12.5. The Kier molecular flexibility index (Phi) is 7.84. The highest BCUT2D eigenvalue weighted by Crippen LogP contribution is 2.24. The van der Waals surface area contributed by atoms with Crippen LogP contribution in [0.5, 0.6) is 0 Å². The summed E-state index contributed by atoms with van der Waals surface area (Å²) in [5, 5.41) is 5.74. The lowest BCUT2D eigenvalue weighted by Gasteiger charge is -2.28. The van der Waals surface area contributed by atoms with Crippen molar-refractivity contribution in [3.63, 3.8) is 0 Å². The molecule has 1 unspecified atom stereocenters. The summed E-state index contributed by atoms with van der Waals surface area (Å²) in [5.74, 6) is 0. The molecule has 1 saturated heterocycles. The van der Waals surface area contributed by atoms with Gasteiger partial charge in [-0.15, -0.1) is 6.58 Å². The van der Waals surface area contributed by atoms with E-state index in [1.54, 1.807) is 12.1 Å². The maximum atomic E-state index is 12.5. The van der Waals surface area contributed by atoms with Crippen LogP contribution in [0.4, 0.5) is 10.5 Å². The summed E-state index contributed by atoms with van der Waals surface area (Å²) in [6.45, 7) is 6.34. The van der Waals surface area contributed by atoms with E-state index in [0.717, 1.165) is 13.1 Å². The van der Waals surface area contributed by atoms with Gasteiger partial charge in [0.15, 0.2) is 0 Å². The van der Waals surface area contributed by atoms with Crippen LogP contribution in [-0.4, -0.2) is 56.9 Å². The minimum atomic E-state index is -3.58. The van der Waals surface area contributed by atoms with E-state index in [1.165, 1.54) is 48.0 Å². The predicted molar refractivity (Wildman–Crippen MR) is 123 cm³/mol. The molecule has 2 aromatic carbocycles. The molecule has 0 bridgehead atoms. The lowest BCUT2D eigenvalue weighted by Crippen LogP contribution is -2.38. The minimum absolute atomic E-state index is 0.127. The maximum Gasteiger partial charge on any atom is 0.319 e. The number of likely N-dealkylation sites (tertiary alicyclic amines) is 1. The number of carbonyl (C=O) groups is 1. The number of nitrogens with zero attached hydrogens (tertiary/aromatic N) is 2. The highest BCUT2D eigenvalue weighted by atomic mass is 32.2. The van der Waals surface area contributed by atoms with E-state index in [-0.39, 0.29) is 23.5 Å². The molecule has 31 heavy (non-hydrogen) atoms. The minimum Gasteiger partial charge on any atom is -0.336 e. The van der Waals surface area contributed by atoms with Crippen LogP contribution >= 0.6 is 0 Å². The van der Waals surface area contributed by atoms with Gasteiger partial charge in [-0.25, -0.2) is 13.2 Å². The molecule has 1 fully saturated rings. The monoisotopic (exact) mass is 442 g/mol. The first-order chi connectivity index (χ1) is 14.9. The molecule has 0 saturated carbocycles. The summed E-state index contributed by atoms with van der Waals surface area (Å²) >= 11 is 0. The standard InChI is InChI=1S/C23H30N4O3S/c1-3-15-26(2)31(29,30)21-13-11-20(12-14-21)25-23(28)24-18-22(27-16-7-8-17-27)19-9-5-4-6-10-19/h3-6,9-14,22H,1,7-8,15-18H2,2H3,(H2,24,25,28). The molecule has 2 amide bonds. The number of hydrogen-bond acceptors (Lipinski definition) is 4. The predicted octanol–water partition coefficient (Wildman–Crippen LogP) is 3.45. The van der Waals surface area contributed by atoms with Gasteiger partial charge in [-0.1, -0.05) is 36.4 Å². The van der Waals surface area contributed by atoms with Gasteiger partial charge in [0.1, 0.15) is 0 Å². The van der Waals surface area contributed by atoms with Crippen molar-refractivity contribution < 1.29 is 13.2 Å². The molecule has 0 aliphatic carbocycles. The Morgan fingerprint density at radius 2 is 1.77 bits per heavy atom. The Balaban J connectivity index is 1.60. The number of carbonyl (C=O) groups excluding carboxylic acids is 1. The first kappa shape index (κ1) is 23.0. The highest BCUT2D eigenvalue weighted by Gasteiger charge is 2.24. The second kappa shape index (κ2) is 10.6. The fraction of sp³-hybridized carbons (Fsp3) is 0.348. The number of likely N-dealkylation sites (N-methyl/N-ethyl adjacent to an activating group) is 1. The van der Waals surface area contributed by atoms with E-state index >= 15 is 0 Å². The molecule has 1 atom stereocenters. The zero-order valence-corrected chi connectivity index (χ0v) is 18.6. The van der Waals surface area contributed by atoms with Crippen molar-refractivity contribution in [1.82, 2.24) is 14.5 Å². The lowest BCUT2D eigenvalue weighted by molar-refractivity contribution is 0.227. The van der Waals surface area contributed by atoms with E-state index < -0.39 is 10.0 Å². The molecule has 1 heterocycles. The lowest BCUT2D eigenvalue weighted by atomic mass is 10.1. The second-order valence-electron chi connectivity index (χ2n) is 7.60. The van der Waals surface area contributed by atoms with Crippen molar-refractivity contribution >= 4 is 21.7 Å². The molecular weight excluding hydrogens is 412 g/mol. The topological polar surface area (TPSA) is 81.8 Å². The number of nitrogens with one attached hydrogen (secondary N) is 2. The molecule has 0 radical (unpaired) electrons. The average Bonchev–Trinajstić information content (AvgIpc) is 3.30. The van der Waals surface area contributed by atoms with Crippen molar-refractivity contribution in [1.29, 1.82) is 0 Å². The fourth-order valence-corrected chi connectivity index (χ4v) is 4.86. The third-order valence-corrected chi connectivity index (χ3v) is 7.27. The number of amides is 2. The Labute approximate surface area is 184 Å². The van der Waals surface area contributed by atoms with Crippen molar-refractivity contribution in [3.8, 4) is 0 Å². The van der Waals surface area contributed by atoms with Crippen LogP contribution in [0.2, 0.25) is 0 Å². The van der Waals surface area contributed by atoms with Crippen LogP contribution in [-0.2, 0) is 10.0 Å². The Hall–Kier alpha value is -2.68. The molecule has 8 heteroatoms.